The minimum absolute atomic E-state index is 0.178. The second-order valence-electron chi connectivity index (χ2n) is 4.43. The highest BCUT2D eigenvalue weighted by molar-refractivity contribution is 6.04. The third-order valence-electron chi connectivity index (χ3n) is 3.30. The third-order valence-corrected chi connectivity index (χ3v) is 3.30. The van der Waals surface area contributed by atoms with Crippen molar-refractivity contribution in [2.75, 3.05) is 7.11 Å². The second kappa shape index (κ2) is 4.81. The van der Waals surface area contributed by atoms with E-state index in [-0.39, 0.29) is 5.75 Å². The fraction of sp³-hybridized carbons (Fsp3) is 0.0625. The summed E-state index contributed by atoms with van der Waals surface area (Å²) in [5.74, 6) is -0.280. The van der Waals surface area contributed by atoms with Gasteiger partial charge >= 0.3 is 0 Å². The highest BCUT2D eigenvalue weighted by Crippen LogP contribution is 2.31. The number of aromatic nitrogens is 1. The lowest BCUT2D eigenvalue weighted by atomic mass is 10.1. The summed E-state index contributed by atoms with van der Waals surface area (Å²) < 4.78 is 18.7. The van der Waals surface area contributed by atoms with Gasteiger partial charge in [0.05, 0.1) is 12.8 Å². The number of aromatic amines is 1. The lowest BCUT2D eigenvalue weighted by Crippen LogP contribution is -1.90. The molecule has 0 bridgehead atoms. The first-order valence-electron chi connectivity index (χ1n) is 6.14. The summed E-state index contributed by atoms with van der Waals surface area (Å²) in [6, 6.07) is 12.1. The normalized spacial score (nSPS) is 10.7. The van der Waals surface area contributed by atoms with Crippen LogP contribution < -0.4 is 4.74 Å². The van der Waals surface area contributed by atoms with Crippen molar-refractivity contribution >= 4 is 17.2 Å². The Labute approximate surface area is 115 Å². The number of halogens is 1. The van der Waals surface area contributed by atoms with Crippen LogP contribution in [0.15, 0.2) is 42.5 Å². The van der Waals surface area contributed by atoms with Gasteiger partial charge in [0.25, 0.3) is 0 Å². The molecule has 0 amide bonds. The number of ether oxygens (including phenoxy) is 1. The monoisotopic (exact) mass is 269 g/mol. The molecule has 1 heterocycles. The Kier molecular flexibility index (Phi) is 2.99. The van der Waals surface area contributed by atoms with Gasteiger partial charge in [-0.2, -0.15) is 0 Å². The number of aldehydes is 1. The molecule has 0 radical (unpaired) electrons. The molecule has 0 saturated carbocycles. The number of H-pyrrole nitrogens is 1. The van der Waals surface area contributed by atoms with Crippen molar-refractivity contribution in [3.05, 3.63) is 53.8 Å². The van der Waals surface area contributed by atoms with E-state index in [9.17, 15) is 9.18 Å². The molecule has 3 rings (SSSR count). The average Bonchev–Trinajstić information content (AvgIpc) is 2.85. The van der Waals surface area contributed by atoms with Gasteiger partial charge in [-0.15, -0.1) is 0 Å². The van der Waals surface area contributed by atoms with E-state index in [1.54, 1.807) is 12.1 Å². The van der Waals surface area contributed by atoms with Crippen molar-refractivity contribution in [1.82, 2.24) is 4.98 Å². The van der Waals surface area contributed by atoms with Gasteiger partial charge in [0.2, 0.25) is 0 Å². The van der Waals surface area contributed by atoms with Crippen molar-refractivity contribution in [3.8, 4) is 17.0 Å². The Hall–Kier alpha value is -2.62. The number of carbonyl (C=O) groups excluding carboxylic acids is 1. The van der Waals surface area contributed by atoms with E-state index in [0.717, 1.165) is 17.2 Å². The summed E-state index contributed by atoms with van der Waals surface area (Å²) >= 11 is 0. The topological polar surface area (TPSA) is 42.1 Å². The Morgan fingerprint density at radius 1 is 1.20 bits per heavy atom. The van der Waals surface area contributed by atoms with Gasteiger partial charge < -0.3 is 9.72 Å². The van der Waals surface area contributed by atoms with E-state index in [1.165, 1.54) is 13.2 Å². The van der Waals surface area contributed by atoms with Crippen molar-refractivity contribution in [2.45, 2.75) is 0 Å². The van der Waals surface area contributed by atoms with Crippen LogP contribution in [0.25, 0.3) is 22.2 Å². The van der Waals surface area contributed by atoms with E-state index in [2.05, 4.69) is 4.98 Å². The molecular formula is C16H12FNO2. The Bertz CT molecular complexity index is 792. The summed E-state index contributed by atoms with van der Waals surface area (Å²) in [4.78, 5) is 14.5. The van der Waals surface area contributed by atoms with Crippen LogP contribution in [0.3, 0.4) is 0 Å². The maximum Gasteiger partial charge on any atom is 0.165 e. The maximum atomic E-state index is 13.8. The number of benzene rings is 2. The number of fused-ring (bicyclic) bond motifs is 1. The zero-order valence-electron chi connectivity index (χ0n) is 10.8. The zero-order valence-corrected chi connectivity index (χ0v) is 10.8. The third kappa shape index (κ3) is 1.86. The molecule has 0 spiro atoms. The number of para-hydroxylation sites is 1. The predicted molar refractivity (Wildman–Crippen MR) is 75.6 cm³/mol. The molecule has 2 aromatic carbocycles. The molecule has 0 atom stereocenters. The first-order chi connectivity index (χ1) is 9.74. The van der Waals surface area contributed by atoms with Gasteiger partial charge in [0.1, 0.15) is 0 Å². The quantitative estimate of drug-likeness (QED) is 0.735. The molecule has 20 heavy (non-hydrogen) atoms. The van der Waals surface area contributed by atoms with E-state index in [0.29, 0.717) is 16.8 Å². The molecule has 0 saturated heterocycles. The number of hydrogen-bond acceptors (Lipinski definition) is 2. The minimum atomic E-state index is -0.458. The van der Waals surface area contributed by atoms with E-state index >= 15 is 0 Å². The lowest BCUT2D eigenvalue weighted by Gasteiger charge is -2.04. The molecule has 0 fully saturated rings. The summed E-state index contributed by atoms with van der Waals surface area (Å²) in [5, 5.41) is 0.828. The highest BCUT2D eigenvalue weighted by Gasteiger charge is 2.14. The Morgan fingerprint density at radius 2 is 2.00 bits per heavy atom. The number of nitrogens with one attached hydrogen (secondary N) is 1. The predicted octanol–water partition coefficient (Wildman–Crippen LogP) is 3.80. The van der Waals surface area contributed by atoms with Gasteiger partial charge in [-0.05, 0) is 24.3 Å². The molecule has 0 aliphatic carbocycles. The number of carbonyl (C=O) groups is 1. The van der Waals surface area contributed by atoms with Gasteiger partial charge in [0.15, 0.2) is 17.9 Å². The van der Waals surface area contributed by atoms with Crippen LogP contribution in [0.2, 0.25) is 0 Å². The summed E-state index contributed by atoms with van der Waals surface area (Å²) in [5.41, 5.74) is 2.61. The summed E-state index contributed by atoms with van der Waals surface area (Å²) in [7, 11) is 1.41. The van der Waals surface area contributed by atoms with Crippen LogP contribution in [-0.2, 0) is 0 Å². The van der Waals surface area contributed by atoms with E-state index in [1.807, 2.05) is 24.3 Å². The van der Waals surface area contributed by atoms with E-state index in [4.69, 9.17) is 4.74 Å². The summed E-state index contributed by atoms with van der Waals surface area (Å²) in [6.07, 6.45) is 0.788. The first kappa shape index (κ1) is 12.4. The minimum Gasteiger partial charge on any atom is -0.494 e. The van der Waals surface area contributed by atoms with Crippen molar-refractivity contribution in [2.24, 2.45) is 0 Å². The highest BCUT2D eigenvalue weighted by atomic mass is 19.1. The molecule has 1 N–H and O–H groups in total. The van der Waals surface area contributed by atoms with Crippen molar-refractivity contribution in [3.63, 3.8) is 0 Å². The van der Waals surface area contributed by atoms with Crippen LogP contribution in [0.5, 0.6) is 5.75 Å². The molecule has 3 aromatic rings. The largest absolute Gasteiger partial charge is 0.494 e. The van der Waals surface area contributed by atoms with Crippen LogP contribution in [-0.4, -0.2) is 18.4 Å². The fourth-order valence-electron chi connectivity index (χ4n) is 2.34. The molecule has 0 aliphatic heterocycles. The first-order valence-corrected chi connectivity index (χ1v) is 6.14. The maximum absolute atomic E-state index is 13.8. The average molecular weight is 269 g/mol. The van der Waals surface area contributed by atoms with E-state index < -0.39 is 5.82 Å². The summed E-state index contributed by atoms with van der Waals surface area (Å²) in [6.45, 7) is 0. The van der Waals surface area contributed by atoms with Crippen LogP contribution in [0.1, 0.15) is 10.4 Å². The van der Waals surface area contributed by atoms with Crippen LogP contribution in [0, 0.1) is 5.82 Å². The van der Waals surface area contributed by atoms with Crippen molar-refractivity contribution < 1.29 is 13.9 Å². The second-order valence-corrected chi connectivity index (χ2v) is 4.43. The molecule has 4 heteroatoms. The molecule has 3 nitrogen and oxygen atoms in total. The van der Waals surface area contributed by atoms with Gasteiger partial charge in [-0.3, -0.25) is 4.79 Å². The molecule has 0 aliphatic rings. The number of rotatable bonds is 3. The zero-order chi connectivity index (χ0) is 14.1. The van der Waals surface area contributed by atoms with Gasteiger partial charge in [-0.1, -0.05) is 18.2 Å². The molecule has 0 unspecified atom stereocenters. The molecule has 1 aromatic heterocycles. The van der Waals surface area contributed by atoms with Crippen LogP contribution in [0.4, 0.5) is 4.39 Å². The lowest BCUT2D eigenvalue weighted by molar-refractivity contribution is 0.112. The Morgan fingerprint density at radius 3 is 2.70 bits per heavy atom. The number of hydrogen-bond donors (Lipinski definition) is 1. The van der Waals surface area contributed by atoms with Gasteiger partial charge in [0, 0.05) is 22.0 Å². The van der Waals surface area contributed by atoms with Crippen molar-refractivity contribution in [1.29, 1.82) is 0 Å². The number of methoxy groups -OCH3 is 1. The van der Waals surface area contributed by atoms with Gasteiger partial charge in [-0.25, -0.2) is 4.39 Å². The van der Waals surface area contributed by atoms with Crippen LogP contribution >= 0.6 is 0 Å². The standard InChI is InChI=1S/C16H12FNO2/c1-20-15-7-6-10(8-13(15)17)16-12(9-19)11-4-2-3-5-14(11)18-16/h2-9,18H,1H3. The Balaban J connectivity index is 2.23. The molecule has 100 valence electrons. The SMILES string of the molecule is COc1ccc(-c2[nH]c3ccccc3c2C=O)cc1F. The molecular weight excluding hydrogens is 257 g/mol. The smallest absolute Gasteiger partial charge is 0.165 e. The fourth-order valence-corrected chi connectivity index (χ4v) is 2.34.